The number of amides is 3. The molecule has 0 heterocycles. The molecule has 10 heteroatoms. The Kier molecular flexibility index (Phi) is 17.0. The van der Waals surface area contributed by atoms with E-state index in [-0.39, 0.29) is 81.2 Å². The molecule has 0 saturated carbocycles. The Labute approximate surface area is 227 Å². The second-order valence-corrected chi connectivity index (χ2v) is 8.20. The van der Waals surface area contributed by atoms with Gasteiger partial charge in [0.05, 0.1) is 0 Å². The fourth-order valence-corrected chi connectivity index (χ4v) is 3.14. The molecule has 1 aromatic carbocycles. The van der Waals surface area contributed by atoms with E-state index >= 15 is 0 Å². The minimum Gasteiger partial charge on any atom is -0.352 e. The Morgan fingerprint density at radius 3 is 1.19 bits per heavy atom. The molecule has 3 amide bonds. The molecule has 3 N–H and O–H groups in total. The second-order valence-electron chi connectivity index (χ2n) is 8.20. The first-order chi connectivity index (χ1) is 16.7. The first kappa shape index (κ1) is 33.2. The second kappa shape index (κ2) is 18.5. The fourth-order valence-electron chi connectivity index (χ4n) is 3.14. The van der Waals surface area contributed by atoms with Gasteiger partial charge in [0.2, 0.25) is 0 Å². The minimum atomic E-state index is -0.479. The topological polar surface area (TPSA) is 139 Å². The van der Waals surface area contributed by atoms with Crippen LogP contribution in [0.5, 0.6) is 0 Å². The molecule has 36 heavy (non-hydrogen) atoms. The normalized spacial score (nSPS) is 10.1. The van der Waals surface area contributed by atoms with Gasteiger partial charge in [0.1, 0.15) is 11.6 Å². The number of rotatable bonds is 17. The molecule has 0 atom stereocenters. The molecular weight excluding hydrogens is 634 g/mol. The monoisotopic (exact) mass is 670 g/mol. The van der Waals surface area contributed by atoms with Crippen molar-refractivity contribution in [2.75, 3.05) is 19.6 Å². The molecular formula is C26H36N3O6W-. The summed E-state index contributed by atoms with van der Waals surface area (Å²) in [5.74, 6) is -1.41. The van der Waals surface area contributed by atoms with Gasteiger partial charge >= 0.3 is 0 Å². The van der Waals surface area contributed by atoms with Gasteiger partial charge in [0, 0.05) is 83.1 Å². The van der Waals surface area contributed by atoms with Gasteiger partial charge in [-0.15, -0.1) is 0 Å². The van der Waals surface area contributed by atoms with E-state index in [1.54, 1.807) is 13.8 Å². The molecule has 1 rings (SSSR count). The van der Waals surface area contributed by atoms with Gasteiger partial charge in [-0.3, -0.25) is 24.0 Å². The van der Waals surface area contributed by atoms with Crippen molar-refractivity contribution < 1.29 is 49.8 Å². The molecule has 0 aliphatic rings. The van der Waals surface area contributed by atoms with Crippen LogP contribution in [0.2, 0.25) is 0 Å². The standard InChI is InChI=1S/C26H36N3O6.W/c1-4-22(31)10-7-13-28-25(34)20-15-19(24(33)27-12-6-9-18(3)30)16-21(17-20)26(35)29-14-8-11-23(32)5-2;/h15-17H,3-14H2,1-2H3,(H,27,33)(H,28,34)(H,29,35);/q-1;. The van der Waals surface area contributed by atoms with Crippen molar-refractivity contribution in [3.05, 3.63) is 41.8 Å². The number of ketones is 3. The van der Waals surface area contributed by atoms with Crippen molar-refractivity contribution in [3.8, 4) is 0 Å². The third-order valence-corrected chi connectivity index (χ3v) is 5.26. The molecule has 0 fully saturated rings. The number of benzene rings is 1. The number of carbonyl (C=O) groups excluding carboxylic acids is 6. The zero-order valence-electron chi connectivity index (χ0n) is 21.1. The third kappa shape index (κ3) is 13.3. The van der Waals surface area contributed by atoms with E-state index in [2.05, 4.69) is 22.9 Å². The molecule has 9 nitrogen and oxygen atoms in total. The number of carbonyl (C=O) groups is 6. The summed E-state index contributed by atoms with van der Waals surface area (Å²) < 4.78 is 0. The molecule has 0 radical (unpaired) electrons. The minimum absolute atomic E-state index is 0. The predicted molar refractivity (Wildman–Crippen MR) is 132 cm³/mol. The van der Waals surface area contributed by atoms with E-state index in [1.807, 2.05) is 0 Å². The summed E-state index contributed by atoms with van der Waals surface area (Å²) in [7, 11) is 0. The van der Waals surface area contributed by atoms with Crippen LogP contribution in [0.1, 0.15) is 96.3 Å². The zero-order valence-corrected chi connectivity index (χ0v) is 24.0. The Balaban J connectivity index is 0.0000122. The van der Waals surface area contributed by atoms with E-state index in [1.165, 1.54) is 18.2 Å². The summed E-state index contributed by atoms with van der Waals surface area (Å²) in [5, 5.41) is 8.09. The van der Waals surface area contributed by atoms with Gasteiger partial charge in [0.15, 0.2) is 0 Å². The number of hydrogen-bond donors (Lipinski definition) is 3. The maximum atomic E-state index is 12.7. The van der Waals surface area contributed by atoms with Gasteiger partial charge in [-0.25, -0.2) is 0 Å². The van der Waals surface area contributed by atoms with E-state index in [9.17, 15) is 28.8 Å². The van der Waals surface area contributed by atoms with Crippen molar-refractivity contribution in [1.29, 1.82) is 0 Å². The Morgan fingerprint density at radius 1 is 0.611 bits per heavy atom. The summed E-state index contributed by atoms with van der Waals surface area (Å²) in [4.78, 5) is 71.8. The summed E-state index contributed by atoms with van der Waals surface area (Å²) in [6, 6.07) is 4.19. The van der Waals surface area contributed by atoms with Gasteiger partial charge < -0.3 is 27.7 Å². The van der Waals surface area contributed by atoms with E-state index in [4.69, 9.17) is 0 Å². The Hall–Kier alpha value is -2.80. The molecule has 198 valence electrons. The summed E-state index contributed by atoms with van der Waals surface area (Å²) in [6.07, 6.45) is 3.26. The molecule has 0 aliphatic carbocycles. The average Bonchev–Trinajstić information content (AvgIpc) is 2.85. The van der Waals surface area contributed by atoms with Crippen LogP contribution in [0.15, 0.2) is 18.2 Å². The Morgan fingerprint density at radius 2 is 0.917 bits per heavy atom. The van der Waals surface area contributed by atoms with Crippen molar-refractivity contribution in [3.63, 3.8) is 0 Å². The first-order valence-corrected chi connectivity index (χ1v) is 12.1. The van der Waals surface area contributed by atoms with Crippen molar-refractivity contribution >= 4 is 35.1 Å². The molecule has 0 aromatic heterocycles. The van der Waals surface area contributed by atoms with Crippen LogP contribution in [0.3, 0.4) is 0 Å². The molecule has 0 unspecified atom stereocenters. The van der Waals surface area contributed by atoms with Crippen LogP contribution >= 0.6 is 0 Å². The van der Waals surface area contributed by atoms with E-state index < -0.39 is 17.7 Å². The molecule has 0 aliphatic heterocycles. The SMILES string of the molecule is [CH2-]C(=O)CCCNC(=O)c1cc(C(=O)NCCCC(=O)CC)cc(C(=O)NCCCC(=O)CC)c1.[W]. The quantitative estimate of drug-likeness (QED) is 0.172. The molecule has 0 bridgehead atoms. The fraction of sp³-hybridized carbons (Fsp3) is 0.500. The van der Waals surface area contributed by atoms with Gasteiger partial charge in [-0.05, 0) is 49.7 Å². The van der Waals surface area contributed by atoms with E-state index in [0.717, 1.165) is 0 Å². The average molecular weight is 670 g/mol. The third-order valence-electron chi connectivity index (χ3n) is 5.26. The zero-order chi connectivity index (χ0) is 26.2. The summed E-state index contributed by atoms with van der Waals surface area (Å²) in [5.41, 5.74) is 0.406. The van der Waals surface area contributed by atoms with Crippen molar-refractivity contribution in [1.82, 2.24) is 16.0 Å². The smallest absolute Gasteiger partial charge is 0.251 e. The molecule has 0 saturated heterocycles. The summed E-state index contributed by atoms with van der Waals surface area (Å²) >= 11 is 0. The predicted octanol–water partition coefficient (Wildman–Crippen LogP) is 2.58. The van der Waals surface area contributed by atoms with Gasteiger partial charge in [-0.1, -0.05) is 13.8 Å². The maximum Gasteiger partial charge on any atom is 0.251 e. The van der Waals surface area contributed by atoms with Crippen LogP contribution in [0.4, 0.5) is 0 Å². The maximum absolute atomic E-state index is 12.7. The van der Waals surface area contributed by atoms with Crippen molar-refractivity contribution in [2.24, 2.45) is 0 Å². The van der Waals surface area contributed by atoms with Crippen LogP contribution in [0.25, 0.3) is 0 Å². The van der Waals surface area contributed by atoms with Crippen LogP contribution < -0.4 is 16.0 Å². The Bertz CT molecular complexity index is 878. The van der Waals surface area contributed by atoms with Crippen LogP contribution in [-0.2, 0) is 35.4 Å². The van der Waals surface area contributed by atoms with Gasteiger partial charge in [-0.2, -0.15) is 0 Å². The summed E-state index contributed by atoms with van der Waals surface area (Å²) in [6.45, 7) is 7.66. The largest absolute Gasteiger partial charge is 0.352 e. The van der Waals surface area contributed by atoms with Crippen molar-refractivity contribution in [2.45, 2.75) is 65.2 Å². The molecule has 1 aromatic rings. The number of nitrogens with one attached hydrogen (secondary N) is 3. The van der Waals surface area contributed by atoms with Crippen LogP contribution in [0, 0.1) is 6.92 Å². The number of Topliss-reactive ketones (excluding diaryl/α,β-unsaturated/α-hetero) is 3. The number of hydrogen-bond acceptors (Lipinski definition) is 6. The van der Waals surface area contributed by atoms with Gasteiger partial charge in [0.25, 0.3) is 17.7 Å². The van der Waals surface area contributed by atoms with Crippen LogP contribution in [-0.4, -0.2) is 54.7 Å². The van der Waals surface area contributed by atoms with E-state index in [0.29, 0.717) is 44.9 Å². The first-order valence-electron chi connectivity index (χ1n) is 12.1. The molecule has 0 spiro atoms.